The third-order valence-corrected chi connectivity index (χ3v) is 4.08. The summed E-state index contributed by atoms with van der Waals surface area (Å²) in [7, 11) is 1.56. The number of anilines is 1. The summed E-state index contributed by atoms with van der Waals surface area (Å²) in [6.07, 6.45) is 1.96. The molecule has 0 heterocycles. The summed E-state index contributed by atoms with van der Waals surface area (Å²) in [6, 6.07) is 14.0. The molecule has 10 nitrogen and oxygen atoms in total. The zero-order valence-corrected chi connectivity index (χ0v) is 18.6. The summed E-state index contributed by atoms with van der Waals surface area (Å²) in [5.74, 6) is -1.17. The van der Waals surface area contributed by atoms with Crippen LogP contribution in [0, 0.1) is 0 Å². The van der Waals surface area contributed by atoms with Crippen molar-refractivity contribution in [2.45, 2.75) is 13.3 Å². The van der Waals surface area contributed by atoms with E-state index in [1.165, 1.54) is 6.21 Å². The minimum absolute atomic E-state index is 0.196. The van der Waals surface area contributed by atoms with Gasteiger partial charge in [-0.15, -0.1) is 0 Å². The van der Waals surface area contributed by atoms with Gasteiger partial charge in [-0.05, 0) is 49.2 Å². The van der Waals surface area contributed by atoms with Crippen LogP contribution in [0.1, 0.15) is 18.9 Å². The van der Waals surface area contributed by atoms with Gasteiger partial charge in [0.2, 0.25) is 0 Å². The topological polar surface area (TPSA) is 127 Å². The summed E-state index contributed by atoms with van der Waals surface area (Å²) in [6.45, 7) is 2.81. The van der Waals surface area contributed by atoms with Crippen LogP contribution in [0.2, 0.25) is 0 Å². The molecule has 176 valence electrons. The SMILES string of the molecule is CCOc1cc(/C=N\NC(=O)C(=O)NCCCOC)ccc1OCC(=O)Nc1ccccc1. The maximum absolute atomic E-state index is 12.1. The van der Waals surface area contributed by atoms with Gasteiger partial charge in [-0.1, -0.05) is 18.2 Å². The van der Waals surface area contributed by atoms with Crippen LogP contribution in [-0.2, 0) is 19.1 Å². The van der Waals surface area contributed by atoms with Gasteiger partial charge in [0, 0.05) is 25.9 Å². The average molecular weight is 456 g/mol. The molecule has 0 radical (unpaired) electrons. The predicted octanol–water partition coefficient (Wildman–Crippen LogP) is 1.71. The molecule has 0 aliphatic carbocycles. The van der Waals surface area contributed by atoms with Crippen LogP contribution >= 0.6 is 0 Å². The monoisotopic (exact) mass is 456 g/mol. The first-order chi connectivity index (χ1) is 16.0. The molecule has 0 saturated carbocycles. The fraction of sp³-hybridized carbons (Fsp3) is 0.304. The molecule has 0 saturated heterocycles. The lowest BCUT2D eigenvalue weighted by Gasteiger charge is -2.12. The van der Waals surface area contributed by atoms with Crippen molar-refractivity contribution in [3.8, 4) is 11.5 Å². The lowest BCUT2D eigenvalue weighted by atomic mass is 10.2. The molecule has 0 aliphatic heterocycles. The highest BCUT2D eigenvalue weighted by molar-refractivity contribution is 6.35. The molecule has 10 heteroatoms. The number of hydrogen-bond acceptors (Lipinski definition) is 7. The third kappa shape index (κ3) is 9.40. The van der Waals surface area contributed by atoms with Gasteiger partial charge in [0.25, 0.3) is 5.91 Å². The van der Waals surface area contributed by atoms with Crippen molar-refractivity contribution < 1.29 is 28.6 Å². The average Bonchev–Trinajstić information content (AvgIpc) is 2.82. The minimum atomic E-state index is -0.877. The summed E-state index contributed by atoms with van der Waals surface area (Å²) in [5.41, 5.74) is 3.44. The van der Waals surface area contributed by atoms with E-state index in [2.05, 4.69) is 21.2 Å². The van der Waals surface area contributed by atoms with Crippen molar-refractivity contribution in [1.82, 2.24) is 10.7 Å². The number of hydrazone groups is 1. The van der Waals surface area contributed by atoms with E-state index < -0.39 is 11.8 Å². The quantitative estimate of drug-likeness (QED) is 0.193. The Morgan fingerprint density at radius 2 is 1.79 bits per heavy atom. The van der Waals surface area contributed by atoms with Crippen molar-refractivity contribution >= 4 is 29.6 Å². The largest absolute Gasteiger partial charge is 0.490 e. The summed E-state index contributed by atoms with van der Waals surface area (Å²) >= 11 is 0. The lowest BCUT2D eigenvalue weighted by molar-refractivity contribution is -0.139. The second kappa shape index (κ2) is 14.2. The molecule has 0 unspecified atom stereocenters. The van der Waals surface area contributed by atoms with E-state index in [1.807, 2.05) is 25.1 Å². The van der Waals surface area contributed by atoms with E-state index in [1.54, 1.807) is 37.4 Å². The Labute approximate surface area is 192 Å². The molecule has 0 atom stereocenters. The van der Waals surface area contributed by atoms with Gasteiger partial charge in [-0.25, -0.2) is 5.43 Å². The Hall–Kier alpha value is -3.92. The van der Waals surface area contributed by atoms with Crippen LogP contribution in [0.5, 0.6) is 11.5 Å². The number of amides is 3. The summed E-state index contributed by atoms with van der Waals surface area (Å²) in [4.78, 5) is 35.5. The Morgan fingerprint density at radius 1 is 1.00 bits per heavy atom. The number of carbonyl (C=O) groups excluding carboxylic acids is 3. The normalized spacial score (nSPS) is 10.5. The first kappa shape index (κ1) is 25.3. The van der Waals surface area contributed by atoms with Crippen molar-refractivity contribution in [3.63, 3.8) is 0 Å². The van der Waals surface area contributed by atoms with E-state index in [9.17, 15) is 14.4 Å². The molecular weight excluding hydrogens is 428 g/mol. The number of ether oxygens (including phenoxy) is 3. The second-order valence-corrected chi connectivity index (χ2v) is 6.64. The van der Waals surface area contributed by atoms with Crippen molar-refractivity contribution in [3.05, 3.63) is 54.1 Å². The number of nitrogens with zero attached hydrogens (tertiary/aromatic N) is 1. The maximum atomic E-state index is 12.1. The van der Waals surface area contributed by atoms with Crippen LogP contribution in [-0.4, -0.2) is 57.4 Å². The minimum Gasteiger partial charge on any atom is -0.490 e. The highest BCUT2D eigenvalue weighted by atomic mass is 16.5. The molecule has 0 fully saturated rings. The van der Waals surface area contributed by atoms with Crippen LogP contribution in [0.25, 0.3) is 0 Å². The van der Waals surface area contributed by atoms with Gasteiger partial charge >= 0.3 is 11.8 Å². The molecule has 2 aromatic carbocycles. The highest BCUT2D eigenvalue weighted by Gasteiger charge is 2.12. The van der Waals surface area contributed by atoms with E-state index >= 15 is 0 Å². The van der Waals surface area contributed by atoms with Crippen molar-refractivity contribution in [2.24, 2.45) is 5.10 Å². The number of para-hydroxylation sites is 1. The van der Waals surface area contributed by atoms with Gasteiger partial charge in [-0.2, -0.15) is 5.10 Å². The van der Waals surface area contributed by atoms with E-state index in [4.69, 9.17) is 14.2 Å². The van der Waals surface area contributed by atoms with Crippen molar-refractivity contribution in [1.29, 1.82) is 0 Å². The Kier molecular flexibility index (Phi) is 10.9. The first-order valence-corrected chi connectivity index (χ1v) is 10.4. The lowest BCUT2D eigenvalue weighted by Crippen LogP contribution is -2.38. The van der Waals surface area contributed by atoms with Gasteiger partial charge < -0.3 is 24.8 Å². The smallest absolute Gasteiger partial charge is 0.329 e. The van der Waals surface area contributed by atoms with Crippen LogP contribution < -0.4 is 25.5 Å². The van der Waals surface area contributed by atoms with E-state index in [-0.39, 0.29) is 12.5 Å². The zero-order valence-electron chi connectivity index (χ0n) is 18.6. The summed E-state index contributed by atoms with van der Waals surface area (Å²) in [5, 5.41) is 8.99. The molecule has 0 aromatic heterocycles. The third-order valence-electron chi connectivity index (χ3n) is 4.08. The Bertz CT molecular complexity index is 949. The van der Waals surface area contributed by atoms with Gasteiger partial charge in [-0.3, -0.25) is 14.4 Å². The molecule has 3 amide bonds. The molecule has 3 N–H and O–H groups in total. The van der Waals surface area contributed by atoms with E-state index in [0.717, 1.165) is 0 Å². The van der Waals surface area contributed by atoms with Crippen molar-refractivity contribution in [2.75, 3.05) is 38.8 Å². The highest BCUT2D eigenvalue weighted by Crippen LogP contribution is 2.28. The van der Waals surface area contributed by atoms with Crippen LogP contribution in [0.4, 0.5) is 5.69 Å². The van der Waals surface area contributed by atoms with Crippen LogP contribution in [0.15, 0.2) is 53.6 Å². The predicted molar refractivity (Wildman–Crippen MR) is 123 cm³/mol. The number of methoxy groups -OCH3 is 1. The first-order valence-electron chi connectivity index (χ1n) is 10.4. The number of rotatable bonds is 12. The maximum Gasteiger partial charge on any atom is 0.329 e. The molecule has 2 aromatic rings. The second-order valence-electron chi connectivity index (χ2n) is 6.64. The molecular formula is C23H28N4O6. The zero-order chi connectivity index (χ0) is 23.9. The summed E-state index contributed by atoms with van der Waals surface area (Å²) < 4.78 is 16.0. The molecule has 2 rings (SSSR count). The van der Waals surface area contributed by atoms with Gasteiger partial charge in [0.15, 0.2) is 18.1 Å². The number of benzene rings is 2. The Balaban J connectivity index is 1.89. The fourth-order valence-electron chi connectivity index (χ4n) is 2.57. The van der Waals surface area contributed by atoms with E-state index in [0.29, 0.717) is 48.9 Å². The Morgan fingerprint density at radius 3 is 2.52 bits per heavy atom. The number of nitrogens with one attached hydrogen (secondary N) is 3. The van der Waals surface area contributed by atoms with Gasteiger partial charge in [0.1, 0.15) is 0 Å². The number of carbonyl (C=O) groups is 3. The standard InChI is InChI=1S/C23H28N4O6/c1-3-32-20-14-17(15-25-27-23(30)22(29)24-12-7-13-31-2)10-11-19(20)33-16-21(28)26-18-8-5-4-6-9-18/h4-6,8-11,14-15H,3,7,12-13,16H2,1-2H3,(H,24,29)(H,26,28)(H,27,30)/b25-15-. The molecule has 0 spiro atoms. The number of hydrogen-bond donors (Lipinski definition) is 3. The fourth-order valence-corrected chi connectivity index (χ4v) is 2.57. The molecule has 0 bridgehead atoms. The van der Waals surface area contributed by atoms with Crippen LogP contribution in [0.3, 0.4) is 0 Å². The molecule has 0 aliphatic rings. The van der Waals surface area contributed by atoms with Gasteiger partial charge in [0.05, 0.1) is 12.8 Å². The molecule has 33 heavy (non-hydrogen) atoms.